The zero-order valence-corrected chi connectivity index (χ0v) is 12.3. The summed E-state index contributed by atoms with van der Waals surface area (Å²) >= 11 is 0. The molecule has 0 aromatic heterocycles. The van der Waals surface area contributed by atoms with Crippen molar-refractivity contribution < 1.29 is 4.39 Å². The SMILES string of the molecule is C=CCCCCCCCCCCCCCCCF. The van der Waals surface area contributed by atoms with E-state index in [1.807, 2.05) is 6.08 Å². The minimum absolute atomic E-state index is 0.132. The van der Waals surface area contributed by atoms with Crippen LogP contribution in [0.25, 0.3) is 0 Å². The first kappa shape index (κ1) is 17.7. The van der Waals surface area contributed by atoms with Gasteiger partial charge in [0.25, 0.3) is 0 Å². The van der Waals surface area contributed by atoms with E-state index < -0.39 is 0 Å². The summed E-state index contributed by atoms with van der Waals surface area (Å²) in [5.74, 6) is 0. The maximum Gasteiger partial charge on any atom is 0.0894 e. The molecule has 0 amide bonds. The molecule has 0 saturated heterocycles. The Bertz CT molecular complexity index is 154. The fraction of sp³-hybridized carbons (Fsp3) is 0.882. The molecule has 0 aromatic carbocycles. The molecule has 0 bridgehead atoms. The first-order chi connectivity index (χ1) is 8.91. The zero-order chi connectivity index (χ0) is 13.3. The van der Waals surface area contributed by atoms with Gasteiger partial charge in [-0.2, -0.15) is 0 Å². The Morgan fingerprint density at radius 3 is 1.22 bits per heavy atom. The molecule has 0 aliphatic carbocycles. The van der Waals surface area contributed by atoms with E-state index in [0.717, 1.165) is 12.8 Å². The summed E-state index contributed by atoms with van der Waals surface area (Å²) in [6.45, 7) is 3.61. The lowest BCUT2D eigenvalue weighted by Gasteiger charge is -2.02. The van der Waals surface area contributed by atoms with Crippen LogP contribution in [0.15, 0.2) is 12.7 Å². The van der Waals surface area contributed by atoms with Crippen LogP contribution in [-0.2, 0) is 0 Å². The van der Waals surface area contributed by atoms with Gasteiger partial charge in [0.15, 0.2) is 0 Å². The standard InChI is InChI=1S/C17H33F/c1-2-3-4-5-6-7-8-9-10-11-12-13-14-15-16-17-18/h2H,1,3-17H2. The smallest absolute Gasteiger partial charge is 0.0894 e. The molecule has 0 saturated carbocycles. The molecule has 1 heteroatoms. The molecule has 0 rings (SSSR count). The van der Waals surface area contributed by atoms with Gasteiger partial charge in [0.2, 0.25) is 0 Å². The van der Waals surface area contributed by atoms with E-state index in [9.17, 15) is 4.39 Å². The molecule has 0 N–H and O–H groups in total. The second-order valence-electron chi connectivity index (χ2n) is 5.36. The molecule has 0 unspecified atom stereocenters. The highest BCUT2D eigenvalue weighted by molar-refractivity contribution is 4.65. The molecular formula is C17H33F. The Kier molecular flexibility index (Phi) is 16.4. The Hall–Kier alpha value is -0.330. The normalized spacial score (nSPS) is 10.7. The van der Waals surface area contributed by atoms with Crippen LogP contribution in [0.2, 0.25) is 0 Å². The Labute approximate surface area is 114 Å². The van der Waals surface area contributed by atoms with Gasteiger partial charge in [-0.15, -0.1) is 6.58 Å². The van der Waals surface area contributed by atoms with Gasteiger partial charge in [-0.05, 0) is 19.3 Å². The molecule has 0 heterocycles. The van der Waals surface area contributed by atoms with Crippen molar-refractivity contribution in [1.29, 1.82) is 0 Å². The summed E-state index contributed by atoms with van der Waals surface area (Å²) in [6, 6.07) is 0. The van der Waals surface area contributed by atoms with Gasteiger partial charge < -0.3 is 0 Å². The Morgan fingerprint density at radius 2 is 0.889 bits per heavy atom. The lowest BCUT2D eigenvalue weighted by atomic mass is 10.0. The van der Waals surface area contributed by atoms with Crippen LogP contribution in [0, 0.1) is 0 Å². The van der Waals surface area contributed by atoms with Gasteiger partial charge in [0.05, 0.1) is 6.67 Å². The number of hydrogen-bond acceptors (Lipinski definition) is 0. The highest BCUT2D eigenvalue weighted by atomic mass is 19.1. The van der Waals surface area contributed by atoms with E-state index in [1.165, 1.54) is 77.0 Å². The van der Waals surface area contributed by atoms with Crippen LogP contribution in [0.4, 0.5) is 4.39 Å². The van der Waals surface area contributed by atoms with E-state index >= 15 is 0 Å². The van der Waals surface area contributed by atoms with Crippen LogP contribution in [0.5, 0.6) is 0 Å². The molecule has 0 aromatic rings. The van der Waals surface area contributed by atoms with Crippen molar-refractivity contribution in [2.24, 2.45) is 0 Å². The molecular weight excluding hydrogens is 223 g/mol. The van der Waals surface area contributed by atoms with Gasteiger partial charge in [-0.3, -0.25) is 4.39 Å². The third-order valence-corrected chi connectivity index (χ3v) is 3.54. The van der Waals surface area contributed by atoms with Gasteiger partial charge in [-0.25, -0.2) is 0 Å². The minimum atomic E-state index is -0.132. The van der Waals surface area contributed by atoms with Crippen molar-refractivity contribution in [3.8, 4) is 0 Å². The van der Waals surface area contributed by atoms with Crippen molar-refractivity contribution in [2.45, 2.75) is 89.9 Å². The van der Waals surface area contributed by atoms with Crippen molar-refractivity contribution in [3.05, 3.63) is 12.7 Å². The van der Waals surface area contributed by atoms with Crippen LogP contribution in [0.3, 0.4) is 0 Å². The molecule has 108 valence electrons. The van der Waals surface area contributed by atoms with Crippen LogP contribution in [-0.4, -0.2) is 6.67 Å². The molecule has 18 heavy (non-hydrogen) atoms. The zero-order valence-electron chi connectivity index (χ0n) is 12.3. The number of alkyl halides is 1. The van der Waals surface area contributed by atoms with Gasteiger partial charge in [0.1, 0.15) is 0 Å². The molecule has 0 aliphatic rings. The first-order valence-corrected chi connectivity index (χ1v) is 8.08. The summed E-state index contributed by atoms with van der Waals surface area (Å²) in [6.07, 6.45) is 20.1. The topological polar surface area (TPSA) is 0 Å². The minimum Gasteiger partial charge on any atom is -0.251 e. The predicted octanol–water partition coefficient (Wildman–Crippen LogP) is 6.60. The average Bonchev–Trinajstić information content (AvgIpc) is 2.39. The van der Waals surface area contributed by atoms with Crippen molar-refractivity contribution in [1.82, 2.24) is 0 Å². The summed E-state index contributed by atoms with van der Waals surface area (Å²) in [5.41, 5.74) is 0. The predicted molar refractivity (Wildman–Crippen MR) is 80.8 cm³/mol. The summed E-state index contributed by atoms with van der Waals surface area (Å²) in [4.78, 5) is 0. The molecule has 0 nitrogen and oxygen atoms in total. The van der Waals surface area contributed by atoms with E-state index in [-0.39, 0.29) is 6.67 Å². The van der Waals surface area contributed by atoms with Crippen molar-refractivity contribution >= 4 is 0 Å². The van der Waals surface area contributed by atoms with Gasteiger partial charge in [-0.1, -0.05) is 76.7 Å². The summed E-state index contributed by atoms with van der Waals surface area (Å²) in [7, 11) is 0. The Balaban J connectivity index is 2.88. The second-order valence-corrected chi connectivity index (χ2v) is 5.36. The second kappa shape index (κ2) is 16.7. The maximum absolute atomic E-state index is 11.8. The first-order valence-electron chi connectivity index (χ1n) is 8.08. The third-order valence-electron chi connectivity index (χ3n) is 3.54. The maximum atomic E-state index is 11.8. The summed E-state index contributed by atoms with van der Waals surface area (Å²) < 4.78 is 11.8. The van der Waals surface area contributed by atoms with Crippen molar-refractivity contribution in [3.63, 3.8) is 0 Å². The van der Waals surface area contributed by atoms with Gasteiger partial charge >= 0.3 is 0 Å². The van der Waals surface area contributed by atoms with E-state index in [0.29, 0.717) is 0 Å². The highest BCUT2D eigenvalue weighted by Gasteiger charge is 1.93. The van der Waals surface area contributed by atoms with E-state index in [1.54, 1.807) is 0 Å². The largest absolute Gasteiger partial charge is 0.251 e. The number of unbranched alkanes of at least 4 members (excludes halogenated alkanes) is 13. The highest BCUT2D eigenvalue weighted by Crippen LogP contribution is 2.12. The fourth-order valence-electron chi connectivity index (χ4n) is 2.33. The quantitative estimate of drug-likeness (QED) is 0.228. The van der Waals surface area contributed by atoms with Crippen LogP contribution < -0.4 is 0 Å². The van der Waals surface area contributed by atoms with E-state index in [2.05, 4.69) is 6.58 Å². The monoisotopic (exact) mass is 256 g/mol. The van der Waals surface area contributed by atoms with Crippen LogP contribution in [0.1, 0.15) is 89.9 Å². The Morgan fingerprint density at radius 1 is 0.556 bits per heavy atom. The van der Waals surface area contributed by atoms with Crippen molar-refractivity contribution in [2.75, 3.05) is 6.67 Å². The lowest BCUT2D eigenvalue weighted by Crippen LogP contribution is -1.83. The number of rotatable bonds is 15. The number of hydrogen-bond donors (Lipinski definition) is 0. The average molecular weight is 256 g/mol. The molecule has 0 atom stereocenters. The lowest BCUT2D eigenvalue weighted by molar-refractivity contribution is 0.448. The molecule has 0 spiro atoms. The summed E-state index contributed by atoms with van der Waals surface area (Å²) in [5, 5.41) is 0. The fourth-order valence-corrected chi connectivity index (χ4v) is 2.33. The third kappa shape index (κ3) is 15.7. The molecule has 0 aliphatic heterocycles. The van der Waals surface area contributed by atoms with Crippen LogP contribution >= 0.6 is 0 Å². The van der Waals surface area contributed by atoms with Gasteiger partial charge in [0, 0.05) is 0 Å². The molecule has 0 fully saturated rings. The number of halogens is 1. The van der Waals surface area contributed by atoms with E-state index in [4.69, 9.17) is 0 Å². The molecule has 0 radical (unpaired) electrons. The number of allylic oxidation sites excluding steroid dienone is 1.